The van der Waals surface area contributed by atoms with Crippen LogP contribution in [-0.4, -0.2) is 22.1 Å². The molecule has 1 aromatic carbocycles. The van der Waals surface area contributed by atoms with Crippen molar-refractivity contribution in [2.75, 3.05) is 5.32 Å². The van der Waals surface area contributed by atoms with Crippen LogP contribution in [0.25, 0.3) is 0 Å². The number of aryl methyl sites for hydroxylation is 1. The largest absolute Gasteiger partial charge is 0.348 e. The normalized spacial score (nSPS) is 13.8. The molecule has 0 bridgehead atoms. The highest BCUT2D eigenvalue weighted by atomic mass is 79.9. The van der Waals surface area contributed by atoms with Crippen molar-refractivity contribution in [2.45, 2.75) is 25.8 Å². The Bertz CT molecular complexity index is 668. The number of anilines is 2. The number of benzene rings is 1. The van der Waals surface area contributed by atoms with E-state index in [1.807, 2.05) is 25.1 Å². The number of carbonyl (C=O) groups is 1. The highest BCUT2D eigenvalue weighted by molar-refractivity contribution is 9.10. The van der Waals surface area contributed by atoms with E-state index in [1.54, 1.807) is 12.1 Å². The summed E-state index contributed by atoms with van der Waals surface area (Å²) in [6.45, 7) is 2.02. The second-order valence-electron chi connectivity index (χ2n) is 5.14. The van der Waals surface area contributed by atoms with Crippen LogP contribution in [0.2, 0.25) is 0 Å². The van der Waals surface area contributed by atoms with Gasteiger partial charge in [-0.25, -0.2) is 0 Å². The average molecular weight is 347 g/mol. The number of rotatable bonds is 4. The summed E-state index contributed by atoms with van der Waals surface area (Å²) in [5, 5.41) is 14.1. The van der Waals surface area contributed by atoms with E-state index in [0.29, 0.717) is 17.6 Å². The van der Waals surface area contributed by atoms with Crippen molar-refractivity contribution in [1.29, 1.82) is 0 Å². The topological polar surface area (TPSA) is 66.9 Å². The Kier molecular flexibility index (Phi) is 3.88. The molecule has 2 N–H and O–H groups in total. The molecule has 1 aliphatic rings. The van der Waals surface area contributed by atoms with E-state index >= 15 is 0 Å². The Morgan fingerprint density at radius 2 is 2.05 bits per heavy atom. The number of carbonyl (C=O) groups excluding carboxylic acids is 1. The summed E-state index contributed by atoms with van der Waals surface area (Å²) in [6, 6.07) is 9.70. The number of nitrogens with zero attached hydrogens (tertiary/aromatic N) is 2. The van der Waals surface area contributed by atoms with Gasteiger partial charge in [0.05, 0.1) is 0 Å². The van der Waals surface area contributed by atoms with E-state index in [9.17, 15) is 4.79 Å². The van der Waals surface area contributed by atoms with Gasteiger partial charge in [-0.15, -0.1) is 10.2 Å². The third-order valence-electron chi connectivity index (χ3n) is 3.24. The molecule has 5 nitrogen and oxygen atoms in total. The van der Waals surface area contributed by atoms with Gasteiger partial charge in [0.2, 0.25) is 0 Å². The molecular formula is C15H15BrN4O. The van der Waals surface area contributed by atoms with Crippen LogP contribution in [0.4, 0.5) is 11.5 Å². The highest BCUT2D eigenvalue weighted by Crippen LogP contribution is 2.22. The van der Waals surface area contributed by atoms with Crippen LogP contribution >= 0.6 is 15.9 Å². The Morgan fingerprint density at radius 3 is 2.67 bits per heavy atom. The first-order valence-corrected chi connectivity index (χ1v) is 7.59. The summed E-state index contributed by atoms with van der Waals surface area (Å²) in [7, 11) is 0. The van der Waals surface area contributed by atoms with Crippen molar-refractivity contribution in [2.24, 2.45) is 0 Å². The molecule has 1 saturated carbocycles. The van der Waals surface area contributed by atoms with Gasteiger partial charge >= 0.3 is 0 Å². The maximum Gasteiger partial charge on any atom is 0.272 e. The lowest BCUT2D eigenvalue weighted by atomic mass is 10.2. The van der Waals surface area contributed by atoms with Crippen molar-refractivity contribution < 1.29 is 4.79 Å². The van der Waals surface area contributed by atoms with Gasteiger partial charge in [-0.05, 0) is 55.7 Å². The second kappa shape index (κ2) is 5.81. The Balaban J connectivity index is 1.68. The number of hydrogen-bond donors (Lipinski definition) is 2. The van der Waals surface area contributed by atoms with Gasteiger partial charge < -0.3 is 10.6 Å². The van der Waals surface area contributed by atoms with Crippen LogP contribution in [0.3, 0.4) is 0 Å². The molecule has 0 atom stereocenters. The van der Waals surface area contributed by atoms with Gasteiger partial charge in [0, 0.05) is 16.2 Å². The van der Waals surface area contributed by atoms with Crippen LogP contribution in [0.1, 0.15) is 28.9 Å². The maximum absolute atomic E-state index is 11.8. The van der Waals surface area contributed by atoms with Gasteiger partial charge in [0.1, 0.15) is 0 Å². The fourth-order valence-electron chi connectivity index (χ4n) is 1.88. The molecule has 1 heterocycles. The van der Waals surface area contributed by atoms with E-state index < -0.39 is 0 Å². The van der Waals surface area contributed by atoms with Crippen molar-refractivity contribution in [3.8, 4) is 0 Å². The van der Waals surface area contributed by atoms with Gasteiger partial charge in [-0.1, -0.05) is 15.9 Å². The summed E-state index contributed by atoms with van der Waals surface area (Å²) >= 11 is 3.46. The number of amides is 1. The van der Waals surface area contributed by atoms with Crippen LogP contribution in [-0.2, 0) is 0 Å². The van der Waals surface area contributed by atoms with E-state index in [4.69, 9.17) is 0 Å². The second-order valence-corrected chi connectivity index (χ2v) is 5.99. The van der Waals surface area contributed by atoms with Gasteiger partial charge in [-0.3, -0.25) is 4.79 Å². The van der Waals surface area contributed by atoms with Gasteiger partial charge in [0.15, 0.2) is 11.5 Å². The third kappa shape index (κ3) is 3.58. The molecule has 0 radical (unpaired) electrons. The molecule has 0 spiro atoms. The molecule has 0 saturated heterocycles. The van der Waals surface area contributed by atoms with Gasteiger partial charge in [0.25, 0.3) is 5.91 Å². The van der Waals surface area contributed by atoms with Gasteiger partial charge in [-0.2, -0.15) is 0 Å². The smallest absolute Gasteiger partial charge is 0.272 e. The quantitative estimate of drug-likeness (QED) is 0.892. The lowest BCUT2D eigenvalue weighted by molar-refractivity contribution is 0.0945. The monoisotopic (exact) mass is 346 g/mol. The number of aromatic nitrogens is 2. The van der Waals surface area contributed by atoms with E-state index in [1.165, 1.54) is 0 Å². The molecule has 1 amide bonds. The summed E-state index contributed by atoms with van der Waals surface area (Å²) < 4.78 is 1.06. The zero-order valence-electron chi connectivity index (χ0n) is 11.6. The fraction of sp³-hybridized carbons (Fsp3) is 0.267. The predicted octanol–water partition coefficient (Wildman–Crippen LogP) is 3.18. The molecule has 0 aliphatic heterocycles. The van der Waals surface area contributed by atoms with Crippen LogP contribution < -0.4 is 10.6 Å². The molecule has 1 fully saturated rings. The third-order valence-corrected chi connectivity index (χ3v) is 4.13. The maximum atomic E-state index is 11.8. The summed E-state index contributed by atoms with van der Waals surface area (Å²) in [5.74, 6) is 0.454. The Morgan fingerprint density at radius 1 is 1.24 bits per heavy atom. The minimum atomic E-state index is -0.156. The number of hydrogen-bond acceptors (Lipinski definition) is 4. The van der Waals surface area contributed by atoms with E-state index in [2.05, 4.69) is 36.8 Å². The molecule has 6 heteroatoms. The summed E-state index contributed by atoms with van der Waals surface area (Å²) in [5.41, 5.74) is 2.41. The van der Waals surface area contributed by atoms with Crippen LogP contribution in [0, 0.1) is 6.92 Å². The van der Waals surface area contributed by atoms with Crippen molar-refractivity contribution in [1.82, 2.24) is 15.5 Å². The predicted molar refractivity (Wildman–Crippen MR) is 84.7 cm³/mol. The average Bonchev–Trinajstić information content (AvgIpc) is 3.28. The molecule has 2 aromatic rings. The number of halogens is 1. The lowest BCUT2D eigenvalue weighted by Gasteiger charge is -2.07. The standard InChI is InChI=1S/C15H15BrN4O/c1-9-8-11(4-5-12(9)16)17-14-7-6-13(19-20-14)15(21)18-10-2-3-10/h4-8,10H,2-3H2,1H3,(H,17,20)(H,18,21). The molecule has 1 aliphatic carbocycles. The fourth-order valence-corrected chi connectivity index (χ4v) is 2.12. The Labute approximate surface area is 131 Å². The van der Waals surface area contributed by atoms with Crippen LogP contribution in [0.15, 0.2) is 34.8 Å². The minimum absolute atomic E-state index is 0.156. The van der Waals surface area contributed by atoms with E-state index in [0.717, 1.165) is 28.6 Å². The molecule has 1 aromatic heterocycles. The Hall–Kier alpha value is -1.95. The zero-order chi connectivity index (χ0) is 14.8. The zero-order valence-corrected chi connectivity index (χ0v) is 13.1. The molecule has 3 rings (SSSR count). The molecule has 0 unspecified atom stereocenters. The van der Waals surface area contributed by atoms with Crippen LogP contribution in [0.5, 0.6) is 0 Å². The first-order valence-electron chi connectivity index (χ1n) is 6.79. The van der Waals surface area contributed by atoms with E-state index in [-0.39, 0.29) is 5.91 Å². The summed E-state index contributed by atoms with van der Waals surface area (Å²) in [6.07, 6.45) is 2.11. The van der Waals surface area contributed by atoms with Crippen molar-refractivity contribution in [3.05, 3.63) is 46.1 Å². The SMILES string of the molecule is Cc1cc(Nc2ccc(C(=O)NC3CC3)nn2)ccc1Br. The number of nitrogens with one attached hydrogen (secondary N) is 2. The summed E-state index contributed by atoms with van der Waals surface area (Å²) in [4.78, 5) is 11.8. The highest BCUT2D eigenvalue weighted by Gasteiger charge is 2.24. The molecular weight excluding hydrogens is 332 g/mol. The molecule has 108 valence electrons. The molecule has 21 heavy (non-hydrogen) atoms. The minimum Gasteiger partial charge on any atom is -0.348 e. The van der Waals surface area contributed by atoms with Crippen molar-refractivity contribution in [3.63, 3.8) is 0 Å². The lowest BCUT2D eigenvalue weighted by Crippen LogP contribution is -2.26. The first-order chi connectivity index (χ1) is 10.1. The first kappa shape index (κ1) is 14.0. The van der Waals surface area contributed by atoms with Crippen molar-refractivity contribution >= 4 is 33.3 Å².